The van der Waals surface area contributed by atoms with Gasteiger partial charge >= 0.3 is 0 Å². The second kappa shape index (κ2) is 12.7. The van der Waals surface area contributed by atoms with Crippen molar-refractivity contribution in [3.8, 4) is 5.69 Å². The van der Waals surface area contributed by atoms with Gasteiger partial charge in [0.15, 0.2) is 5.96 Å². The average Bonchev–Trinajstić information content (AvgIpc) is 3.02. The zero-order valence-corrected chi connectivity index (χ0v) is 22.8. The lowest BCUT2D eigenvalue weighted by Crippen LogP contribution is -2.36. The highest BCUT2D eigenvalue weighted by Gasteiger charge is 2.12. The van der Waals surface area contributed by atoms with Crippen LogP contribution in [0.4, 0.5) is 5.82 Å². The van der Waals surface area contributed by atoms with E-state index in [1.54, 1.807) is 7.05 Å². The van der Waals surface area contributed by atoms with Crippen molar-refractivity contribution in [3.05, 3.63) is 71.2 Å². The first-order valence-electron chi connectivity index (χ1n) is 11.9. The van der Waals surface area contributed by atoms with Crippen LogP contribution in [-0.4, -0.2) is 40.9 Å². The molecule has 0 spiro atoms. The highest BCUT2D eigenvalue weighted by molar-refractivity contribution is 14.0. The maximum Gasteiger partial charge on any atom is 0.191 e. The molecule has 2 aromatic heterocycles. The lowest BCUT2D eigenvalue weighted by molar-refractivity contribution is 0.726. The van der Waals surface area contributed by atoms with Crippen LogP contribution < -0.4 is 15.5 Å². The van der Waals surface area contributed by atoms with Crippen LogP contribution in [0, 0.1) is 13.8 Å². The number of para-hydroxylation sites is 1. The fraction of sp³-hybridized carbons (Fsp3) is 0.423. The van der Waals surface area contributed by atoms with E-state index in [9.17, 15) is 0 Å². The summed E-state index contributed by atoms with van der Waals surface area (Å²) in [6.07, 6.45) is 7.06. The minimum absolute atomic E-state index is 0. The number of guanidine groups is 1. The summed E-state index contributed by atoms with van der Waals surface area (Å²) in [5.74, 6) is 1.85. The van der Waals surface area contributed by atoms with E-state index in [-0.39, 0.29) is 24.0 Å². The van der Waals surface area contributed by atoms with Crippen molar-refractivity contribution in [2.24, 2.45) is 4.99 Å². The number of nitrogens with one attached hydrogen (secondary N) is 2. The normalized spacial score (nSPS) is 14.3. The van der Waals surface area contributed by atoms with Gasteiger partial charge in [-0.05, 0) is 62.1 Å². The Labute approximate surface area is 220 Å². The van der Waals surface area contributed by atoms with Gasteiger partial charge in [-0.3, -0.25) is 4.99 Å². The molecule has 0 bridgehead atoms. The van der Waals surface area contributed by atoms with Gasteiger partial charge in [0.1, 0.15) is 5.82 Å². The van der Waals surface area contributed by atoms with Crippen molar-refractivity contribution in [1.29, 1.82) is 0 Å². The zero-order valence-electron chi connectivity index (χ0n) is 20.4. The van der Waals surface area contributed by atoms with Gasteiger partial charge in [-0.1, -0.05) is 31.0 Å². The van der Waals surface area contributed by atoms with Gasteiger partial charge in [-0.25, -0.2) is 9.67 Å². The Bertz CT molecular complexity index is 1080. The molecule has 0 aliphatic carbocycles. The molecule has 1 aliphatic heterocycles. The molecule has 1 aromatic carbocycles. The summed E-state index contributed by atoms with van der Waals surface area (Å²) in [4.78, 5) is 11.4. The molecule has 0 amide bonds. The number of halogens is 1. The molecule has 3 aromatic rings. The third kappa shape index (κ3) is 6.71. The van der Waals surface area contributed by atoms with Crippen LogP contribution in [0.2, 0.25) is 0 Å². The second-order valence-corrected chi connectivity index (χ2v) is 8.67. The highest BCUT2D eigenvalue weighted by Crippen LogP contribution is 2.19. The molecule has 1 aliphatic rings. The molecule has 0 unspecified atom stereocenters. The van der Waals surface area contributed by atoms with Crippen molar-refractivity contribution >= 4 is 35.8 Å². The van der Waals surface area contributed by atoms with E-state index in [0.29, 0.717) is 13.1 Å². The van der Waals surface area contributed by atoms with Gasteiger partial charge in [-0.2, -0.15) is 5.10 Å². The van der Waals surface area contributed by atoms with Crippen molar-refractivity contribution in [1.82, 2.24) is 25.4 Å². The molecule has 7 nitrogen and oxygen atoms in total. The van der Waals surface area contributed by atoms with E-state index >= 15 is 0 Å². The van der Waals surface area contributed by atoms with Crippen LogP contribution in [0.5, 0.6) is 0 Å². The monoisotopic (exact) mass is 573 g/mol. The predicted octanol–water partition coefficient (Wildman–Crippen LogP) is 4.75. The first kappa shape index (κ1) is 26.0. The fourth-order valence-corrected chi connectivity index (χ4v) is 4.37. The Kier molecular flexibility index (Phi) is 9.74. The zero-order chi connectivity index (χ0) is 23.0. The average molecular weight is 574 g/mol. The summed E-state index contributed by atoms with van der Waals surface area (Å²) in [5.41, 5.74) is 5.60. The predicted molar refractivity (Wildman–Crippen MR) is 150 cm³/mol. The Morgan fingerprint density at radius 2 is 1.71 bits per heavy atom. The molecule has 2 N–H and O–H groups in total. The Morgan fingerprint density at radius 1 is 0.971 bits per heavy atom. The Hall–Kier alpha value is -2.62. The SMILES string of the molecule is CN=C(NCc1ccnc(N2CCCCCC2)c1)NCc1ccccc1-n1nc(C)cc1C.I. The maximum absolute atomic E-state index is 4.65. The molecule has 0 saturated carbocycles. The minimum atomic E-state index is 0. The maximum atomic E-state index is 4.65. The second-order valence-electron chi connectivity index (χ2n) is 8.67. The van der Waals surface area contributed by atoms with Crippen LogP contribution in [-0.2, 0) is 13.1 Å². The van der Waals surface area contributed by atoms with Crippen molar-refractivity contribution in [3.63, 3.8) is 0 Å². The number of anilines is 1. The number of pyridine rings is 1. The van der Waals surface area contributed by atoms with E-state index in [1.165, 1.54) is 36.8 Å². The van der Waals surface area contributed by atoms with Crippen molar-refractivity contribution < 1.29 is 0 Å². The summed E-state index contributed by atoms with van der Waals surface area (Å²) in [7, 11) is 1.80. The molecular weight excluding hydrogens is 537 g/mol. The van der Waals surface area contributed by atoms with Crippen LogP contribution in [0.1, 0.15) is 48.2 Å². The molecule has 0 radical (unpaired) electrons. The standard InChI is InChI=1S/C26H35N7.HI/c1-20-16-21(2)33(31-20)24-11-7-6-10-23(24)19-30-26(27-3)29-18-22-12-13-28-25(17-22)32-14-8-4-5-9-15-32;/h6-7,10-13,16-17H,4-5,8-9,14-15,18-19H2,1-3H3,(H2,27,29,30);1H. The minimum Gasteiger partial charge on any atom is -0.357 e. The van der Waals surface area contributed by atoms with Crippen LogP contribution in [0.25, 0.3) is 5.69 Å². The molecule has 3 heterocycles. The first-order valence-corrected chi connectivity index (χ1v) is 11.9. The Morgan fingerprint density at radius 3 is 2.41 bits per heavy atom. The molecule has 1 fully saturated rings. The lowest BCUT2D eigenvalue weighted by atomic mass is 10.1. The summed E-state index contributed by atoms with van der Waals surface area (Å²) in [6, 6.07) is 14.7. The van der Waals surface area contributed by atoms with Crippen LogP contribution >= 0.6 is 24.0 Å². The summed E-state index contributed by atoms with van der Waals surface area (Å²) >= 11 is 0. The van der Waals surface area contributed by atoms with E-state index in [1.807, 2.05) is 23.9 Å². The van der Waals surface area contributed by atoms with Gasteiger partial charge in [0.25, 0.3) is 0 Å². The molecular formula is C26H36IN7. The highest BCUT2D eigenvalue weighted by atomic mass is 127. The third-order valence-corrected chi connectivity index (χ3v) is 6.10. The van der Waals surface area contributed by atoms with E-state index in [4.69, 9.17) is 0 Å². The Balaban J connectivity index is 0.00000324. The van der Waals surface area contributed by atoms with E-state index < -0.39 is 0 Å². The number of aromatic nitrogens is 3. The molecule has 1 saturated heterocycles. The van der Waals surface area contributed by atoms with Gasteiger partial charge in [-0.15, -0.1) is 24.0 Å². The van der Waals surface area contributed by atoms with Crippen LogP contribution in [0.15, 0.2) is 53.7 Å². The number of benzene rings is 1. The fourth-order valence-electron chi connectivity index (χ4n) is 4.37. The molecule has 34 heavy (non-hydrogen) atoms. The van der Waals surface area contributed by atoms with Gasteiger partial charge in [0, 0.05) is 45.1 Å². The summed E-state index contributed by atoms with van der Waals surface area (Å²) in [6.45, 7) is 7.65. The topological polar surface area (TPSA) is 70.4 Å². The quantitative estimate of drug-likeness (QED) is 0.253. The number of aryl methyl sites for hydroxylation is 2. The number of hydrogen-bond donors (Lipinski definition) is 2. The first-order chi connectivity index (χ1) is 16.1. The number of nitrogens with zero attached hydrogens (tertiary/aromatic N) is 5. The number of rotatable bonds is 6. The lowest BCUT2D eigenvalue weighted by Gasteiger charge is -2.22. The molecule has 4 rings (SSSR count). The van der Waals surface area contributed by atoms with E-state index in [2.05, 4.69) is 73.9 Å². The van der Waals surface area contributed by atoms with Gasteiger partial charge in [0.2, 0.25) is 0 Å². The number of hydrogen-bond acceptors (Lipinski definition) is 4. The van der Waals surface area contributed by atoms with Gasteiger partial charge in [0.05, 0.1) is 11.4 Å². The van der Waals surface area contributed by atoms with Gasteiger partial charge < -0.3 is 15.5 Å². The summed E-state index contributed by atoms with van der Waals surface area (Å²) in [5, 5.41) is 11.5. The smallest absolute Gasteiger partial charge is 0.191 e. The van der Waals surface area contributed by atoms with Crippen LogP contribution in [0.3, 0.4) is 0 Å². The third-order valence-electron chi connectivity index (χ3n) is 6.10. The molecule has 0 atom stereocenters. The van der Waals surface area contributed by atoms with Crippen molar-refractivity contribution in [2.45, 2.75) is 52.6 Å². The summed E-state index contributed by atoms with van der Waals surface area (Å²) < 4.78 is 2.00. The molecule has 8 heteroatoms. The molecule has 182 valence electrons. The number of aliphatic imine (C=N–C) groups is 1. The largest absolute Gasteiger partial charge is 0.357 e. The van der Waals surface area contributed by atoms with Crippen molar-refractivity contribution in [2.75, 3.05) is 25.0 Å². The van der Waals surface area contributed by atoms with E-state index in [0.717, 1.165) is 41.9 Å².